The van der Waals surface area contributed by atoms with Crippen LogP contribution in [-0.4, -0.2) is 21.8 Å². The van der Waals surface area contributed by atoms with Gasteiger partial charge in [-0.3, -0.25) is 9.59 Å². The molecular weight excluding hydrogens is 308 g/mol. The van der Waals surface area contributed by atoms with E-state index < -0.39 is 17.6 Å². The average Bonchev–Trinajstić information content (AvgIpc) is 2.87. The lowest BCUT2D eigenvalue weighted by molar-refractivity contribution is -0.519. The number of nitrogens with zero attached hydrogens (tertiary/aromatic N) is 1. The van der Waals surface area contributed by atoms with Crippen LogP contribution in [0, 0.1) is 6.92 Å². The van der Waals surface area contributed by atoms with Gasteiger partial charge in [0, 0.05) is 22.3 Å². The third-order valence-electron chi connectivity index (χ3n) is 4.53. The predicted octanol–water partition coefficient (Wildman–Crippen LogP) is 1.40. The first kappa shape index (κ1) is 14.3. The van der Waals surface area contributed by atoms with Crippen molar-refractivity contribution in [2.75, 3.05) is 0 Å². The molecule has 4 rings (SSSR count). The summed E-state index contributed by atoms with van der Waals surface area (Å²) in [6.45, 7) is 1.76. The summed E-state index contributed by atoms with van der Waals surface area (Å²) >= 11 is 0. The van der Waals surface area contributed by atoms with Gasteiger partial charge >= 0.3 is 0 Å². The van der Waals surface area contributed by atoms with Gasteiger partial charge in [-0.2, -0.15) is 0 Å². The number of aromatic hydroxyl groups is 2. The Kier molecular flexibility index (Phi) is 2.75. The Morgan fingerprint density at radius 3 is 2.50 bits per heavy atom. The van der Waals surface area contributed by atoms with Crippen molar-refractivity contribution in [2.24, 2.45) is 0 Å². The lowest BCUT2D eigenvalue weighted by Gasteiger charge is -2.18. The van der Waals surface area contributed by atoms with E-state index in [4.69, 9.17) is 0 Å². The Bertz CT molecular complexity index is 1000. The van der Waals surface area contributed by atoms with Crippen LogP contribution in [-0.2, 0) is 0 Å². The lowest BCUT2D eigenvalue weighted by atomic mass is 9.83. The van der Waals surface area contributed by atoms with E-state index in [1.54, 1.807) is 13.0 Å². The summed E-state index contributed by atoms with van der Waals surface area (Å²) in [6.07, 6.45) is 0. The number of carbonyl (C=O) groups excluding carboxylic acids is 2. The molecule has 2 aliphatic carbocycles. The molecule has 0 heterocycles. The highest BCUT2D eigenvalue weighted by atomic mass is 16.3. The minimum Gasteiger partial charge on any atom is -0.508 e. The number of aryl methyl sites for hydroxylation is 1. The number of benzene rings is 2. The van der Waals surface area contributed by atoms with Gasteiger partial charge in [0.15, 0.2) is 11.8 Å². The number of phenols is 2. The van der Waals surface area contributed by atoms with E-state index in [1.807, 2.05) is 0 Å². The zero-order chi connectivity index (χ0) is 17.2. The number of fused-ring (bicyclic) bond motifs is 3. The molecule has 3 N–H and O–H groups in total. The monoisotopic (exact) mass is 320 g/mol. The van der Waals surface area contributed by atoms with Crippen molar-refractivity contribution in [3.8, 4) is 11.5 Å². The molecule has 0 saturated heterocycles. The molecule has 0 aliphatic heterocycles. The smallest absolute Gasteiger partial charge is 0.201 e. The number of carbonyl (C=O) groups is 2. The summed E-state index contributed by atoms with van der Waals surface area (Å²) in [4.78, 5) is 25.8. The first-order chi connectivity index (χ1) is 11.5. The average molecular weight is 320 g/mol. The molecule has 1 atom stereocenters. The van der Waals surface area contributed by atoms with Gasteiger partial charge in [-0.25, -0.2) is 0 Å². The van der Waals surface area contributed by atoms with E-state index in [0.717, 1.165) is 5.56 Å². The minimum atomic E-state index is -0.940. The summed E-state index contributed by atoms with van der Waals surface area (Å²) in [5, 5.41) is 22.4. The number of ketones is 2. The minimum absolute atomic E-state index is 0.0346. The first-order valence-corrected chi connectivity index (χ1v) is 7.34. The van der Waals surface area contributed by atoms with Crippen LogP contribution in [0.2, 0.25) is 0 Å². The fourth-order valence-corrected chi connectivity index (χ4v) is 3.58. The molecule has 2 aromatic carbocycles. The van der Waals surface area contributed by atoms with Crippen LogP contribution < -0.4 is 5.11 Å². The second kappa shape index (κ2) is 4.61. The molecule has 0 saturated carbocycles. The third-order valence-corrected chi connectivity index (χ3v) is 4.53. The van der Waals surface area contributed by atoms with E-state index in [2.05, 4.69) is 5.11 Å². The van der Waals surface area contributed by atoms with E-state index in [9.17, 15) is 25.3 Å². The fraction of sp³-hybridized carbons (Fsp3) is 0.111. The van der Waals surface area contributed by atoms with Crippen LogP contribution in [0.3, 0.4) is 0 Å². The second-order valence-electron chi connectivity index (χ2n) is 5.96. The Morgan fingerprint density at radius 1 is 1.04 bits per heavy atom. The standard InChI is InChI=1S/C18H12N2O4/c1-7-5-9-12(11(22)6-7)14-15(16(9)20-19)18(24)13-8(17(14)23)3-2-4-10(13)21/h2-6,16,20-22H,1H3. The van der Waals surface area contributed by atoms with Gasteiger partial charge < -0.3 is 20.9 Å². The molecule has 6 heteroatoms. The number of hydrogen-bond donors (Lipinski definition) is 3. The fourth-order valence-electron chi connectivity index (χ4n) is 3.58. The highest BCUT2D eigenvalue weighted by molar-refractivity contribution is 6.42. The van der Waals surface area contributed by atoms with Gasteiger partial charge in [0.2, 0.25) is 5.78 Å². The van der Waals surface area contributed by atoms with Crippen LogP contribution in [0.1, 0.15) is 43.4 Å². The molecule has 0 amide bonds. The SMILES string of the molecule is Cc1cc(O)c2c(c1)C([NH+]=[N-])C1=C2C(=O)c2cccc(O)c2C1=O. The predicted molar refractivity (Wildman–Crippen MR) is 83.6 cm³/mol. The number of allylic oxidation sites excluding steroid dienone is 1. The van der Waals surface area contributed by atoms with Crippen LogP contribution in [0.15, 0.2) is 35.9 Å². The Balaban J connectivity index is 2.09. The summed E-state index contributed by atoms with van der Waals surface area (Å²) in [5.41, 5.74) is 11.1. The van der Waals surface area contributed by atoms with Crippen molar-refractivity contribution >= 4 is 17.1 Å². The molecule has 6 nitrogen and oxygen atoms in total. The molecule has 24 heavy (non-hydrogen) atoms. The maximum Gasteiger partial charge on any atom is 0.201 e. The lowest BCUT2D eigenvalue weighted by Crippen LogP contribution is -2.66. The van der Waals surface area contributed by atoms with Gasteiger partial charge in [0.1, 0.15) is 11.5 Å². The van der Waals surface area contributed by atoms with Crippen molar-refractivity contribution < 1.29 is 24.9 Å². The Labute approximate surface area is 136 Å². The van der Waals surface area contributed by atoms with Crippen molar-refractivity contribution in [1.82, 2.24) is 0 Å². The zero-order valence-electron chi connectivity index (χ0n) is 12.6. The largest absolute Gasteiger partial charge is 0.508 e. The van der Waals surface area contributed by atoms with E-state index in [1.165, 1.54) is 24.3 Å². The van der Waals surface area contributed by atoms with Crippen LogP contribution in [0.25, 0.3) is 11.1 Å². The zero-order valence-corrected chi connectivity index (χ0v) is 12.6. The topological polar surface area (TPSA) is 111 Å². The van der Waals surface area contributed by atoms with Crippen molar-refractivity contribution in [3.05, 3.63) is 69.3 Å². The maximum absolute atomic E-state index is 12.9. The van der Waals surface area contributed by atoms with Crippen molar-refractivity contribution in [1.29, 1.82) is 0 Å². The molecule has 0 spiro atoms. The van der Waals surface area contributed by atoms with Crippen LogP contribution >= 0.6 is 0 Å². The molecule has 0 radical (unpaired) electrons. The molecule has 0 fully saturated rings. The van der Waals surface area contributed by atoms with Crippen molar-refractivity contribution in [2.45, 2.75) is 13.0 Å². The molecule has 0 bridgehead atoms. The highest BCUT2D eigenvalue weighted by Gasteiger charge is 2.47. The summed E-state index contributed by atoms with van der Waals surface area (Å²) in [7, 11) is 0. The highest BCUT2D eigenvalue weighted by Crippen LogP contribution is 2.49. The summed E-state index contributed by atoms with van der Waals surface area (Å²) in [6, 6.07) is 6.54. The molecule has 2 aliphatic rings. The van der Waals surface area contributed by atoms with E-state index >= 15 is 0 Å². The number of phenolic OH excluding ortho intramolecular Hbond substituents is 2. The van der Waals surface area contributed by atoms with Gasteiger partial charge in [0.25, 0.3) is 0 Å². The molecule has 0 aromatic heterocycles. The normalized spacial score (nSPS) is 18.3. The van der Waals surface area contributed by atoms with Gasteiger partial charge in [0.05, 0.1) is 11.1 Å². The second-order valence-corrected chi connectivity index (χ2v) is 5.96. The Hall–Kier alpha value is -3.28. The van der Waals surface area contributed by atoms with E-state index in [-0.39, 0.29) is 39.3 Å². The number of Topliss-reactive ketones (excluding diaryl/α,β-unsaturated/α-hetero) is 2. The van der Waals surface area contributed by atoms with E-state index in [0.29, 0.717) is 5.56 Å². The van der Waals surface area contributed by atoms with Gasteiger partial charge in [-0.1, -0.05) is 12.1 Å². The number of hydrogen-bond acceptors (Lipinski definition) is 4. The molecular formula is C18H12N2O4. The van der Waals surface area contributed by atoms with Crippen LogP contribution in [0.5, 0.6) is 11.5 Å². The Morgan fingerprint density at radius 2 is 1.79 bits per heavy atom. The number of rotatable bonds is 1. The molecule has 1 unspecified atom stereocenters. The summed E-state index contributed by atoms with van der Waals surface area (Å²) in [5.74, 6) is -1.42. The first-order valence-electron chi connectivity index (χ1n) is 7.34. The van der Waals surface area contributed by atoms with Crippen LogP contribution in [0.4, 0.5) is 0 Å². The maximum atomic E-state index is 12.9. The number of nitrogens with one attached hydrogen (secondary N) is 1. The summed E-state index contributed by atoms with van der Waals surface area (Å²) < 4.78 is 0. The molecule has 118 valence electrons. The quantitative estimate of drug-likeness (QED) is 0.690. The molecule has 2 aromatic rings. The third kappa shape index (κ3) is 1.59. The van der Waals surface area contributed by atoms with Gasteiger partial charge in [-0.05, 0) is 30.7 Å². The van der Waals surface area contributed by atoms with Crippen molar-refractivity contribution in [3.63, 3.8) is 0 Å². The van der Waals surface area contributed by atoms with Gasteiger partial charge in [-0.15, -0.1) is 0 Å².